The summed E-state index contributed by atoms with van der Waals surface area (Å²) < 4.78 is 84.0. The van der Waals surface area contributed by atoms with Gasteiger partial charge in [0, 0.05) is 5.69 Å². The average molecular weight is 499 g/mol. The monoisotopic (exact) mass is 499 g/mol. The molecule has 5 N–H and O–H groups in total. The van der Waals surface area contributed by atoms with Crippen LogP contribution in [-0.2, 0) is 20.4 Å². The minimum Gasteiger partial charge on any atom is -0.399 e. The second-order valence-electron chi connectivity index (χ2n) is 7.17. The van der Waals surface area contributed by atoms with Crippen LogP contribution in [0.2, 0.25) is 0 Å². The maximum atomic E-state index is 14.4. The van der Waals surface area contributed by atoms with Crippen molar-refractivity contribution in [2.24, 2.45) is 0 Å². The molecule has 1 aliphatic rings. The zero-order valence-corrected chi connectivity index (χ0v) is 17.4. The molecule has 2 heterocycles. The Morgan fingerprint density at radius 1 is 0.971 bits per heavy atom. The number of aromatic nitrogens is 2. The zero-order valence-electron chi connectivity index (χ0n) is 16.6. The van der Waals surface area contributed by atoms with Gasteiger partial charge in [-0.05, 0) is 48.5 Å². The first-order chi connectivity index (χ1) is 15.8. The van der Waals surface area contributed by atoms with Crippen molar-refractivity contribution in [1.29, 1.82) is 0 Å². The highest BCUT2D eigenvalue weighted by Crippen LogP contribution is 2.46. The molecule has 4 rings (SSSR count). The van der Waals surface area contributed by atoms with E-state index in [9.17, 15) is 40.4 Å². The third kappa shape index (κ3) is 3.45. The lowest BCUT2D eigenvalue weighted by Crippen LogP contribution is -2.61. The number of nitrogens with two attached hydrogens (primary N) is 1. The third-order valence-corrected chi connectivity index (χ3v) is 6.51. The summed E-state index contributed by atoms with van der Waals surface area (Å²) in [6.07, 6.45) is -5.68. The Kier molecular flexibility index (Phi) is 5.13. The molecule has 10 nitrogen and oxygen atoms in total. The van der Waals surface area contributed by atoms with E-state index < -0.39 is 61.0 Å². The fourth-order valence-corrected chi connectivity index (χ4v) is 4.81. The highest BCUT2D eigenvalue weighted by atomic mass is 32.2. The van der Waals surface area contributed by atoms with Crippen molar-refractivity contribution in [2.75, 3.05) is 11.1 Å². The number of hydrogen-bond acceptors (Lipinski definition) is 6. The van der Waals surface area contributed by atoms with Crippen molar-refractivity contribution in [3.8, 4) is 5.69 Å². The molecule has 2 aromatic carbocycles. The van der Waals surface area contributed by atoms with Gasteiger partial charge in [0.1, 0.15) is 11.6 Å². The number of carbonyl (C=O) groups excluding carboxylic acids is 1. The minimum absolute atomic E-state index is 0.119. The van der Waals surface area contributed by atoms with E-state index in [0.29, 0.717) is 4.57 Å². The molecule has 0 bridgehead atoms. The molecule has 34 heavy (non-hydrogen) atoms. The molecule has 0 spiro atoms. The van der Waals surface area contributed by atoms with Crippen LogP contribution < -0.4 is 27.0 Å². The highest BCUT2D eigenvalue weighted by Gasteiger charge is 2.69. The van der Waals surface area contributed by atoms with Gasteiger partial charge < -0.3 is 11.1 Å². The molecule has 0 saturated heterocycles. The van der Waals surface area contributed by atoms with Gasteiger partial charge in [-0.15, -0.1) is 0 Å². The maximum absolute atomic E-state index is 14.4. The van der Waals surface area contributed by atoms with Crippen LogP contribution >= 0.6 is 0 Å². The number of amides is 1. The molecule has 1 unspecified atom stereocenters. The Balaban J connectivity index is 2.01. The molecule has 1 aromatic heterocycles. The first-order valence-corrected chi connectivity index (χ1v) is 10.7. The number of nitrogens with zero attached hydrogens (tertiary/aromatic N) is 1. The van der Waals surface area contributed by atoms with E-state index in [1.165, 1.54) is 4.72 Å². The van der Waals surface area contributed by atoms with Gasteiger partial charge in [-0.1, -0.05) is 0 Å². The van der Waals surface area contributed by atoms with Crippen LogP contribution in [0, 0.1) is 5.82 Å². The maximum Gasteiger partial charge on any atom is 0.421 e. The van der Waals surface area contributed by atoms with Gasteiger partial charge in [0.25, 0.3) is 11.5 Å². The number of sulfonamides is 1. The number of H-pyrrole nitrogens is 1. The molecule has 1 amide bonds. The van der Waals surface area contributed by atoms with Crippen LogP contribution in [0.15, 0.2) is 63.0 Å². The summed E-state index contributed by atoms with van der Waals surface area (Å²) in [7, 11) is -5.06. The molecule has 3 aromatic rings. The second-order valence-corrected chi connectivity index (χ2v) is 8.85. The second kappa shape index (κ2) is 7.53. The van der Waals surface area contributed by atoms with Crippen LogP contribution in [0.3, 0.4) is 0 Å². The van der Waals surface area contributed by atoms with E-state index >= 15 is 0 Å². The van der Waals surface area contributed by atoms with Crippen LogP contribution in [0.25, 0.3) is 5.69 Å². The van der Waals surface area contributed by atoms with E-state index in [4.69, 9.17) is 5.73 Å². The van der Waals surface area contributed by atoms with Crippen molar-refractivity contribution in [1.82, 2.24) is 14.3 Å². The summed E-state index contributed by atoms with van der Waals surface area (Å²) in [5, 5.41) is 1.78. The lowest BCUT2D eigenvalue weighted by Gasteiger charge is -2.29. The zero-order chi connectivity index (χ0) is 25.1. The molecule has 178 valence electrons. The van der Waals surface area contributed by atoms with Crippen LogP contribution in [-0.4, -0.2) is 30.1 Å². The first-order valence-electron chi connectivity index (χ1n) is 9.21. The fourth-order valence-electron chi connectivity index (χ4n) is 3.49. The number of halogens is 4. The predicted octanol–water partition coefficient (Wildman–Crippen LogP) is 0.935. The van der Waals surface area contributed by atoms with Gasteiger partial charge in [0.05, 0.1) is 16.1 Å². The Hall–Kier alpha value is -3.98. The van der Waals surface area contributed by atoms with Gasteiger partial charge in [-0.2, -0.15) is 17.9 Å². The largest absolute Gasteiger partial charge is 0.421 e. The molecule has 0 fully saturated rings. The topological polar surface area (TPSA) is 156 Å². The summed E-state index contributed by atoms with van der Waals surface area (Å²) in [6, 6.07) is 7.81. The highest BCUT2D eigenvalue weighted by molar-refractivity contribution is 7.89. The third-order valence-electron chi connectivity index (χ3n) is 5.05. The Bertz CT molecular complexity index is 1530. The Morgan fingerprint density at radius 3 is 2.12 bits per heavy atom. The average Bonchev–Trinajstić information content (AvgIpc) is 3.02. The Morgan fingerprint density at radius 2 is 1.56 bits per heavy atom. The van der Waals surface area contributed by atoms with Crippen LogP contribution in [0.5, 0.6) is 0 Å². The van der Waals surface area contributed by atoms with E-state index in [-0.39, 0.29) is 11.4 Å². The van der Waals surface area contributed by atoms with Crippen LogP contribution in [0.4, 0.5) is 29.1 Å². The number of nitrogens with one attached hydrogen (secondary N) is 3. The standard InChI is InChI=1S/C19H13F4N5O5S/c20-9-1-5-11(6-2-9)28-14-13(15(29)26-17(28)31)18(16(30)25-14,19(21,22)23)27-34(32,33)12-7-3-10(24)4-8-12/h1-8,27H,24H2,(H,25,30)(H,26,29,31). The summed E-state index contributed by atoms with van der Waals surface area (Å²) in [5.41, 5.74) is -3.04. The molecule has 1 aliphatic heterocycles. The fraction of sp³-hybridized carbons (Fsp3) is 0.105. The van der Waals surface area contributed by atoms with Gasteiger partial charge in [-0.25, -0.2) is 22.2 Å². The first kappa shape index (κ1) is 23.2. The van der Waals surface area contributed by atoms with E-state index in [1.54, 1.807) is 10.3 Å². The number of alkyl halides is 3. The lowest BCUT2D eigenvalue weighted by atomic mass is 9.93. The number of hydrogen-bond donors (Lipinski definition) is 4. The molecule has 0 radical (unpaired) electrons. The summed E-state index contributed by atoms with van der Waals surface area (Å²) >= 11 is 0. The smallest absolute Gasteiger partial charge is 0.399 e. The van der Waals surface area contributed by atoms with Crippen molar-refractivity contribution in [3.05, 3.63) is 80.7 Å². The number of aromatic amines is 1. The molecular weight excluding hydrogens is 486 g/mol. The van der Waals surface area contributed by atoms with Gasteiger partial charge in [0.2, 0.25) is 15.6 Å². The minimum atomic E-state index is -5.68. The van der Waals surface area contributed by atoms with Crippen molar-refractivity contribution < 1.29 is 30.8 Å². The number of fused-ring (bicyclic) bond motifs is 1. The molecule has 0 saturated carbocycles. The lowest BCUT2D eigenvalue weighted by molar-refractivity contribution is -0.194. The number of benzene rings is 2. The molecule has 15 heteroatoms. The van der Waals surface area contributed by atoms with Gasteiger partial charge in [0.15, 0.2) is 0 Å². The van der Waals surface area contributed by atoms with E-state index in [2.05, 4.69) is 0 Å². The van der Waals surface area contributed by atoms with Crippen molar-refractivity contribution in [2.45, 2.75) is 16.6 Å². The van der Waals surface area contributed by atoms with E-state index in [1.807, 2.05) is 0 Å². The number of rotatable bonds is 4. The summed E-state index contributed by atoms with van der Waals surface area (Å²) in [4.78, 5) is 38.7. The normalized spacial score (nSPS) is 17.9. The Labute approximate surface area is 187 Å². The van der Waals surface area contributed by atoms with Crippen LogP contribution in [0.1, 0.15) is 5.56 Å². The number of anilines is 2. The van der Waals surface area contributed by atoms with Crippen molar-refractivity contribution in [3.63, 3.8) is 0 Å². The summed E-state index contributed by atoms with van der Waals surface area (Å²) in [6.45, 7) is 0. The number of carbonyl (C=O) groups is 1. The SMILES string of the molecule is Nc1ccc(S(=O)(=O)NC2(C(F)(F)F)C(=O)Nc3c2c(=O)[nH]c(=O)n3-c2ccc(F)cc2)cc1. The quantitative estimate of drug-likeness (QED) is 0.309. The van der Waals surface area contributed by atoms with Gasteiger partial charge >= 0.3 is 11.9 Å². The van der Waals surface area contributed by atoms with E-state index in [0.717, 1.165) is 48.5 Å². The predicted molar refractivity (Wildman–Crippen MR) is 110 cm³/mol. The summed E-state index contributed by atoms with van der Waals surface area (Å²) in [5.74, 6) is -3.63. The van der Waals surface area contributed by atoms with Crippen molar-refractivity contribution >= 4 is 27.4 Å². The molecule has 0 aliphatic carbocycles. The van der Waals surface area contributed by atoms with Gasteiger partial charge in [-0.3, -0.25) is 14.6 Å². The molecule has 1 atom stereocenters. The number of nitrogen functional groups attached to an aromatic ring is 1. The molecular formula is C19H13F4N5O5S.